The Bertz CT molecular complexity index is 380. The van der Waals surface area contributed by atoms with E-state index in [2.05, 4.69) is 15.5 Å². The average Bonchev–Trinajstić information content (AvgIpc) is 2.27. The number of nitrogens with zero attached hydrogens (tertiary/aromatic N) is 2. The van der Waals surface area contributed by atoms with Crippen molar-refractivity contribution in [3.05, 3.63) is 17.8 Å². The number of aromatic nitrogens is 2. The van der Waals surface area contributed by atoms with E-state index in [1.54, 1.807) is 24.8 Å². The number of hydrogen-bond acceptors (Lipinski definition) is 6. The van der Waals surface area contributed by atoms with E-state index >= 15 is 0 Å². The minimum Gasteiger partial charge on any atom is -0.387 e. The Morgan fingerprint density at radius 1 is 1.59 bits per heavy atom. The molecule has 0 radical (unpaired) electrons. The number of carbonyl (C=O) groups excluding carboxylic acids is 1. The van der Waals surface area contributed by atoms with E-state index < -0.39 is 11.5 Å². The number of thioether (sulfide) groups is 1. The lowest BCUT2D eigenvalue weighted by molar-refractivity contribution is 0.0985. The molecular formula is C10H16N4O2S. The average molecular weight is 256 g/mol. The van der Waals surface area contributed by atoms with Crippen LogP contribution < -0.4 is 11.1 Å². The summed E-state index contributed by atoms with van der Waals surface area (Å²) in [5.74, 6) is 0.502. The van der Waals surface area contributed by atoms with Gasteiger partial charge in [-0.15, -0.1) is 10.2 Å². The summed E-state index contributed by atoms with van der Waals surface area (Å²) in [5.41, 5.74) is 4.34. The van der Waals surface area contributed by atoms with Crippen molar-refractivity contribution in [2.24, 2.45) is 5.73 Å². The minimum atomic E-state index is -0.816. The normalized spacial score (nSPS) is 14.1. The maximum absolute atomic E-state index is 10.8. The molecule has 0 spiro atoms. The van der Waals surface area contributed by atoms with Gasteiger partial charge in [0.25, 0.3) is 5.91 Å². The number of amides is 1. The van der Waals surface area contributed by atoms with E-state index in [0.717, 1.165) is 0 Å². The number of aliphatic hydroxyl groups is 1. The number of primary amides is 1. The Morgan fingerprint density at radius 2 is 2.29 bits per heavy atom. The van der Waals surface area contributed by atoms with Crippen LogP contribution in [0.2, 0.25) is 0 Å². The second kappa shape index (κ2) is 5.83. The lowest BCUT2D eigenvalue weighted by atomic mass is 10.1. The Labute approximate surface area is 104 Å². The summed E-state index contributed by atoms with van der Waals surface area (Å²) in [6.45, 7) is 2.10. The Kier molecular flexibility index (Phi) is 4.71. The fourth-order valence-corrected chi connectivity index (χ4v) is 1.92. The van der Waals surface area contributed by atoms with Gasteiger partial charge in [0.2, 0.25) is 0 Å². The first-order chi connectivity index (χ1) is 7.94. The van der Waals surface area contributed by atoms with Gasteiger partial charge in [-0.2, -0.15) is 11.8 Å². The largest absolute Gasteiger partial charge is 0.387 e. The van der Waals surface area contributed by atoms with Crippen LogP contribution in [0.1, 0.15) is 17.4 Å². The van der Waals surface area contributed by atoms with Gasteiger partial charge in [0.05, 0.1) is 5.60 Å². The van der Waals surface area contributed by atoms with E-state index in [1.807, 2.05) is 6.26 Å². The van der Waals surface area contributed by atoms with Gasteiger partial charge in [-0.3, -0.25) is 4.79 Å². The molecule has 0 bridgehead atoms. The number of anilines is 1. The van der Waals surface area contributed by atoms with E-state index in [-0.39, 0.29) is 5.69 Å². The van der Waals surface area contributed by atoms with Crippen LogP contribution in [0.3, 0.4) is 0 Å². The molecular weight excluding hydrogens is 240 g/mol. The molecule has 1 rings (SSSR count). The first kappa shape index (κ1) is 13.7. The summed E-state index contributed by atoms with van der Waals surface area (Å²) in [7, 11) is 0. The highest BCUT2D eigenvalue weighted by molar-refractivity contribution is 7.98. The van der Waals surface area contributed by atoms with E-state index in [9.17, 15) is 9.90 Å². The molecule has 1 unspecified atom stereocenters. The standard InChI is InChI=1S/C10H16N4O2S/c1-10(16,6-17-2)5-12-8-4-3-7(9(11)15)13-14-8/h3-4,16H,5-6H2,1-2H3,(H2,11,15)(H,12,14). The molecule has 1 atom stereocenters. The van der Waals surface area contributed by atoms with Crippen LogP contribution >= 0.6 is 11.8 Å². The predicted molar refractivity (Wildman–Crippen MR) is 68.0 cm³/mol. The highest BCUT2D eigenvalue weighted by atomic mass is 32.2. The lowest BCUT2D eigenvalue weighted by Crippen LogP contribution is -2.36. The van der Waals surface area contributed by atoms with Crippen LogP contribution in [-0.2, 0) is 0 Å². The van der Waals surface area contributed by atoms with Gasteiger partial charge < -0.3 is 16.2 Å². The number of nitrogens with one attached hydrogen (secondary N) is 1. The summed E-state index contributed by atoms with van der Waals surface area (Å²) >= 11 is 1.56. The molecule has 1 aromatic heterocycles. The van der Waals surface area contributed by atoms with Crippen molar-refractivity contribution < 1.29 is 9.90 Å². The summed E-state index contributed by atoms with van der Waals surface area (Å²) < 4.78 is 0. The quantitative estimate of drug-likeness (QED) is 0.667. The van der Waals surface area contributed by atoms with Crippen molar-refractivity contribution in [1.82, 2.24) is 10.2 Å². The summed E-state index contributed by atoms with van der Waals surface area (Å²) in [6, 6.07) is 3.09. The molecule has 0 saturated carbocycles. The summed E-state index contributed by atoms with van der Waals surface area (Å²) in [5, 5.41) is 20.3. The Balaban J connectivity index is 2.55. The van der Waals surface area contributed by atoms with E-state index in [1.165, 1.54) is 6.07 Å². The zero-order valence-corrected chi connectivity index (χ0v) is 10.6. The first-order valence-electron chi connectivity index (χ1n) is 5.03. The fourth-order valence-electron chi connectivity index (χ4n) is 1.20. The van der Waals surface area contributed by atoms with Gasteiger partial charge >= 0.3 is 0 Å². The molecule has 0 aliphatic heterocycles. The van der Waals surface area contributed by atoms with Gasteiger partial charge in [-0.1, -0.05) is 0 Å². The summed E-state index contributed by atoms with van der Waals surface area (Å²) in [6.07, 6.45) is 1.93. The van der Waals surface area contributed by atoms with Gasteiger partial charge in [-0.25, -0.2) is 0 Å². The molecule has 1 aromatic rings. The first-order valence-corrected chi connectivity index (χ1v) is 6.43. The molecule has 7 heteroatoms. The zero-order chi connectivity index (χ0) is 12.9. The second-order valence-electron chi connectivity index (χ2n) is 3.95. The molecule has 0 aromatic carbocycles. The lowest BCUT2D eigenvalue weighted by Gasteiger charge is -2.22. The third kappa shape index (κ3) is 4.58. The highest BCUT2D eigenvalue weighted by Gasteiger charge is 2.19. The molecule has 1 amide bonds. The molecule has 94 valence electrons. The van der Waals surface area contributed by atoms with Crippen LogP contribution in [0.5, 0.6) is 0 Å². The Morgan fingerprint density at radius 3 is 2.76 bits per heavy atom. The van der Waals surface area contributed by atoms with Gasteiger partial charge in [0.15, 0.2) is 5.69 Å². The van der Waals surface area contributed by atoms with Crippen LogP contribution in [0, 0.1) is 0 Å². The summed E-state index contributed by atoms with van der Waals surface area (Å²) in [4.78, 5) is 10.8. The van der Waals surface area contributed by atoms with Crippen molar-refractivity contribution in [3.63, 3.8) is 0 Å². The minimum absolute atomic E-state index is 0.117. The van der Waals surface area contributed by atoms with Crippen molar-refractivity contribution in [1.29, 1.82) is 0 Å². The van der Waals surface area contributed by atoms with Gasteiger partial charge in [0, 0.05) is 12.3 Å². The van der Waals surface area contributed by atoms with Crippen LogP contribution in [0.4, 0.5) is 5.82 Å². The highest BCUT2D eigenvalue weighted by Crippen LogP contribution is 2.11. The third-order valence-electron chi connectivity index (χ3n) is 2.02. The number of rotatable bonds is 6. The van der Waals surface area contributed by atoms with E-state index in [0.29, 0.717) is 18.1 Å². The van der Waals surface area contributed by atoms with Crippen LogP contribution in [0.15, 0.2) is 12.1 Å². The monoisotopic (exact) mass is 256 g/mol. The van der Waals surface area contributed by atoms with Crippen molar-refractivity contribution >= 4 is 23.5 Å². The van der Waals surface area contributed by atoms with Crippen molar-refractivity contribution in [3.8, 4) is 0 Å². The SMILES string of the molecule is CSCC(C)(O)CNc1ccc(C(N)=O)nn1. The predicted octanol–water partition coefficient (Wildman–Crippen LogP) is 0.101. The third-order valence-corrected chi connectivity index (χ3v) is 2.93. The molecule has 0 fully saturated rings. The number of carbonyl (C=O) groups is 1. The topological polar surface area (TPSA) is 101 Å². The van der Waals surface area contributed by atoms with Crippen LogP contribution in [0.25, 0.3) is 0 Å². The molecule has 4 N–H and O–H groups in total. The molecule has 1 heterocycles. The Hall–Kier alpha value is -1.34. The number of nitrogens with two attached hydrogens (primary N) is 1. The second-order valence-corrected chi connectivity index (χ2v) is 4.82. The van der Waals surface area contributed by atoms with Gasteiger partial charge in [0.1, 0.15) is 5.82 Å². The maximum atomic E-state index is 10.8. The smallest absolute Gasteiger partial charge is 0.269 e. The number of hydrogen-bond donors (Lipinski definition) is 3. The van der Waals surface area contributed by atoms with Crippen molar-refractivity contribution in [2.75, 3.05) is 23.9 Å². The zero-order valence-electron chi connectivity index (χ0n) is 9.80. The van der Waals surface area contributed by atoms with E-state index in [4.69, 9.17) is 5.73 Å². The fraction of sp³-hybridized carbons (Fsp3) is 0.500. The molecule has 0 saturated heterocycles. The molecule has 17 heavy (non-hydrogen) atoms. The molecule has 6 nitrogen and oxygen atoms in total. The van der Waals surface area contributed by atoms with Crippen molar-refractivity contribution in [2.45, 2.75) is 12.5 Å². The molecule has 0 aliphatic rings. The van der Waals surface area contributed by atoms with Gasteiger partial charge in [-0.05, 0) is 25.3 Å². The molecule has 0 aliphatic carbocycles. The van der Waals surface area contributed by atoms with Crippen LogP contribution in [-0.4, -0.2) is 45.4 Å². The maximum Gasteiger partial charge on any atom is 0.269 e.